The summed E-state index contributed by atoms with van der Waals surface area (Å²) in [5.74, 6) is -0.174. The van der Waals surface area contributed by atoms with Crippen LogP contribution in [-0.4, -0.2) is 25.7 Å². The molecular formula is C10H11N3O2. The van der Waals surface area contributed by atoms with E-state index in [1.54, 1.807) is 16.7 Å². The molecule has 0 aliphatic carbocycles. The van der Waals surface area contributed by atoms with Gasteiger partial charge >= 0.3 is 5.97 Å². The van der Waals surface area contributed by atoms with Crippen LogP contribution >= 0.6 is 0 Å². The second-order valence-corrected chi connectivity index (χ2v) is 3.29. The number of hydrogen-bond acceptors (Lipinski definition) is 3. The van der Waals surface area contributed by atoms with Gasteiger partial charge in [0, 0.05) is 12.6 Å². The molecule has 0 aliphatic rings. The lowest BCUT2D eigenvalue weighted by Gasteiger charge is -1.99. The summed E-state index contributed by atoms with van der Waals surface area (Å²) in [4.78, 5) is 10.9. The van der Waals surface area contributed by atoms with Crippen molar-refractivity contribution in [1.29, 1.82) is 0 Å². The number of carboxylic acids is 1. The predicted octanol–water partition coefficient (Wildman–Crippen LogP) is 1.38. The summed E-state index contributed by atoms with van der Waals surface area (Å²) < 4.78 is 1.73. The van der Waals surface area contributed by atoms with Gasteiger partial charge < -0.3 is 5.11 Å². The van der Waals surface area contributed by atoms with Crippen LogP contribution in [0.3, 0.4) is 0 Å². The molecular weight excluding hydrogens is 194 g/mol. The lowest BCUT2D eigenvalue weighted by molar-refractivity contribution is 0.0698. The number of hydrogen-bond donors (Lipinski definition) is 1. The molecule has 0 bridgehead atoms. The van der Waals surface area contributed by atoms with Crippen molar-refractivity contribution in [3.63, 3.8) is 0 Å². The van der Waals surface area contributed by atoms with Gasteiger partial charge in [-0.05, 0) is 18.6 Å². The normalized spacial score (nSPS) is 10.7. The zero-order valence-electron chi connectivity index (χ0n) is 8.34. The van der Waals surface area contributed by atoms with Crippen molar-refractivity contribution >= 4 is 11.6 Å². The van der Waals surface area contributed by atoms with E-state index in [1.807, 2.05) is 6.92 Å². The van der Waals surface area contributed by atoms with Crippen molar-refractivity contribution in [2.24, 2.45) is 0 Å². The van der Waals surface area contributed by atoms with Gasteiger partial charge in [0.05, 0.1) is 0 Å². The first-order chi connectivity index (χ1) is 7.24. The number of carboxylic acid groups (broad SMARTS) is 1. The van der Waals surface area contributed by atoms with Gasteiger partial charge in [0.2, 0.25) is 0 Å². The van der Waals surface area contributed by atoms with Gasteiger partial charge in [-0.2, -0.15) is 0 Å². The maximum absolute atomic E-state index is 10.9. The predicted molar refractivity (Wildman–Crippen MR) is 53.9 cm³/mol. The monoisotopic (exact) mass is 205 g/mol. The van der Waals surface area contributed by atoms with Crippen molar-refractivity contribution in [1.82, 2.24) is 14.6 Å². The molecule has 5 heteroatoms. The first-order valence-corrected chi connectivity index (χ1v) is 4.80. The van der Waals surface area contributed by atoms with E-state index in [1.165, 1.54) is 6.07 Å². The Balaban J connectivity index is 2.63. The van der Waals surface area contributed by atoms with Gasteiger partial charge in [0.15, 0.2) is 5.65 Å². The van der Waals surface area contributed by atoms with Gasteiger partial charge in [-0.3, -0.25) is 4.40 Å². The number of aryl methyl sites for hydroxylation is 1. The van der Waals surface area contributed by atoms with Crippen LogP contribution in [0.15, 0.2) is 18.3 Å². The van der Waals surface area contributed by atoms with Gasteiger partial charge in [-0.15, -0.1) is 10.2 Å². The van der Waals surface area contributed by atoms with Crippen molar-refractivity contribution in [2.75, 3.05) is 0 Å². The Morgan fingerprint density at radius 3 is 3.00 bits per heavy atom. The fraction of sp³-hybridized carbons (Fsp3) is 0.300. The average molecular weight is 205 g/mol. The molecule has 0 fully saturated rings. The minimum atomic E-state index is -0.976. The largest absolute Gasteiger partial charge is 0.478 e. The Morgan fingerprint density at radius 1 is 1.53 bits per heavy atom. The molecule has 0 radical (unpaired) electrons. The molecule has 0 amide bonds. The summed E-state index contributed by atoms with van der Waals surface area (Å²) in [6.45, 7) is 2.04. The zero-order chi connectivity index (χ0) is 10.8. The van der Waals surface area contributed by atoms with E-state index in [0.717, 1.165) is 18.7 Å². The molecule has 78 valence electrons. The van der Waals surface area contributed by atoms with Crippen LogP contribution in [0.2, 0.25) is 0 Å². The van der Waals surface area contributed by atoms with Gasteiger partial charge in [0.1, 0.15) is 11.4 Å². The Hall–Kier alpha value is -1.91. The molecule has 2 rings (SSSR count). The average Bonchev–Trinajstić information content (AvgIpc) is 2.62. The van der Waals surface area contributed by atoms with E-state index in [0.29, 0.717) is 5.65 Å². The number of carbonyl (C=O) groups is 1. The molecule has 0 saturated heterocycles. The summed E-state index contributed by atoms with van der Waals surface area (Å²) in [5, 5.41) is 16.8. The Bertz CT molecular complexity index is 504. The third-order valence-electron chi connectivity index (χ3n) is 2.21. The van der Waals surface area contributed by atoms with E-state index in [4.69, 9.17) is 5.11 Å². The van der Waals surface area contributed by atoms with Crippen LogP contribution in [0.1, 0.15) is 29.5 Å². The molecule has 0 saturated carbocycles. The first-order valence-electron chi connectivity index (χ1n) is 4.80. The molecule has 0 aromatic carbocycles. The summed E-state index contributed by atoms with van der Waals surface area (Å²) in [5.41, 5.74) is 0.598. The van der Waals surface area contributed by atoms with Crippen molar-refractivity contribution in [3.05, 3.63) is 29.7 Å². The molecule has 2 heterocycles. The fourth-order valence-electron chi connectivity index (χ4n) is 1.52. The molecule has 1 N–H and O–H groups in total. The molecule has 2 aromatic heterocycles. The third kappa shape index (κ3) is 1.56. The topological polar surface area (TPSA) is 67.5 Å². The highest BCUT2D eigenvalue weighted by Crippen LogP contribution is 2.11. The summed E-state index contributed by atoms with van der Waals surface area (Å²) in [7, 11) is 0. The molecule has 2 aromatic rings. The number of aromatic nitrogens is 3. The highest BCUT2D eigenvalue weighted by atomic mass is 16.4. The maximum Gasteiger partial charge on any atom is 0.339 e. The molecule has 0 spiro atoms. The molecule has 0 aliphatic heterocycles. The zero-order valence-corrected chi connectivity index (χ0v) is 8.34. The minimum absolute atomic E-state index is 0.187. The number of rotatable bonds is 3. The van der Waals surface area contributed by atoms with Crippen LogP contribution in [0, 0.1) is 0 Å². The summed E-state index contributed by atoms with van der Waals surface area (Å²) in [6.07, 6.45) is 3.54. The SMILES string of the molecule is CCCc1nnc2c(C(=O)O)cccn12. The van der Waals surface area contributed by atoms with E-state index in [9.17, 15) is 4.79 Å². The molecule has 15 heavy (non-hydrogen) atoms. The number of fused-ring (bicyclic) bond motifs is 1. The second kappa shape index (κ2) is 3.68. The standard InChI is InChI=1S/C10H11N3O2/c1-2-4-8-11-12-9-7(10(14)15)5-3-6-13(8)9/h3,5-6H,2,4H2,1H3,(H,14,15). The number of aromatic carboxylic acids is 1. The summed E-state index contributed by atoms with van der Waals surface area (Å²) in [6, 6.07) is 3.22. The Kier molecular flexibility index (Phi) is 2.37. The van der Waals surface area contributed by atoms with E-state index >= 15 is 0 Å². The van der Waals surface area contributed by atoms with E-state index in [-0.39, 0.29) is 5.56 Å². The third-order valence-corrected chi connectivity index (χ3v) is 2.21. The van der Waals surface area contributed by atoms with Gasteiger partial charge in [0.25, 0.3) is 0 Å². The molecule has 0 unspecified atom stereocenters. The Labute approximate surface area is 86.4 Å². The quantitative estimate of drug-likeness (QED) is 0.821. The lowest BCUT2D eigenvalue weighted by Crippen LogP contribution is -2.01. The lowest BCUT2D eigenvalue weighted by atomic mass is 10.2. The van der Waals surface area contributed by atoms with Crippen LogP contribution in [-0.2, 0) is 6.42 Å². The van der Waals surface area contributed by atoms with Crippen molar-refractivity contribution in [3.8, 4) is 0 Å². The highest BCUT2D eigenvalue weighted by Gasteiger charge is 2.12. The van der Waals surface area contributed by atoms with Crippen molar-refractivity contribution in [2.45, 2.75) is 19.8 Å². The maximum atomic E-state index is 10.9. The van der Waals surface area contributed by atoms with Crippen LogP contribution in [0.5, 0.6) is 0 Å². The smallest absolute Gasteiger partial charge is 0.339 e. The van der Waals surface area contributed by atoms with Gasteiger partial charge in [-0.1, -0.05) is 6.92 Å². The number of nitrogens with zero attached hydrogens (tertiary/aromatic N) is 3. The van der Waals surface area contributed by atoms with Crippen LogP contribution < -0.4 is 0 Å². The fourth-order valence-corrected chi connectivity index (χ4v) is 1.52. The number of pyridine rings is 1. The minimum Gasteiger partial charge on any atom is -0.478 e. The van der Waals surface area contributed by atoms with Crippen molar-refractivity contribution < 1.29 is 9.90 Å². The molecule has 5 nitrogen and oxygen atoms in total. The second-order valence-electron chi connectivity index (χ2n) is 3.29. The van der Waals surface area contributed by atoms with Crippen LogP contribution in [0.25, 0.3) is 5.65 Å². The van der Waals surface area contributed by atoms with E-state index < -0.39 is 5.97 Å². The van der Waals surface area contributed by atoms with Gasteiger partial charge in [-0.25, -0.2) is 4.79 Å². The first kappa shape index (κ1) is 9.64. The van der Waals surface area contributed by atoms with E-state index in [2.05, 4.69) is 10.2 Å². The highest BCUT2D eigenvalue weighted by molar-refractivity contribution is 5.94. The Morgan fingerprint density at radius 2 is 2.33 bits per heavy atom. The molecule has 0 atom stereocenters. The summed E-state index contributed by atoms with van der Waals surface area (Å²) >= 11 is 0. The van der Waals surface area contributed by atoms with Crippen LogP contribution in [0.4, 0.5) is 0 Å².